The van der Waals surface area contributed by atoms with Gasteiger partial charge in [0.25, 0.3) is 5.91 Å². The molecule has 5 nitrogen and oxygen atoms in total. The Balaban J connectivity index is 2.78. The molecular weight excluding hydrogens is 254 g/mol. The maximum Gasteiger partial charge on any atom is 0.253 e. The van der Waals surface area contributed by atoms with Gasteiger partial charge in [-0.05, 0) is 30.5 Å². The zero-order valence-electron chi connectivity index (χ0n) is 12.5. The Hall–Kier alpha value is -2.04. The average Bonchev–Trinajstić information content (AvgIpc) is 2.45. The number of hydrogen-bond acceptors (Lipinski definition) is 3. The highest BCUT2D eigenvalue weighted by Crippen LogP contribution is 2.16. The summed E-state index contributed by atoms with van der Waals surface area (Å²) in [7, 11) is 1.72. The Kier molecular flexibility index (Phi) is 5.55. The standard InChI is InChI=1S/C15H23N3O2/c1-10(2)12-5-7-13(8-6-12)15(19)18(4)11(3)9-14(16)17-20/h5-8,10-11,20H,9H2,1-4H3,(H2,16,17). The fourth-order valence-corrected chi connectivity index (χ4v) is 1.89. The molecule has 0 aromatic heterocycles. The molecule has 1 unspecified atom stereocenters. The highest BCUT2D eigenvalue weighted by molar-refractivity contribution is 5.94. The molecule has 1 atom stereocenters. The number of rotatable bonds is 5. The maximum absolute atomic E-state index is 12.3. The van der Waals surface area contributed by atoms with E-state index in [2.05, 4.69) is 19.0 Å². The van der Waals surface area contributed by atoms with Crippen LogP contribution in [0.25, 0.3) is 0 Å². The van der Waals surface area contributed by atoms with Gasteiger partial charge in [-0.15, -0.1) is 0 Å². The van der Waals surface area contributed by atoms with Gasteiger partial charge in [-0.3, -0.25) is 4.79 Å². The molecule has 0 aliphatic heterocycles. The summed E-state index contributed by atoms with van der Waals surface area (Å²) in [6.45, 7) is 6.09. The van der Waals surface area contributed by atoms with Crippen LogP contribution in [0.1, 0.15) is 49.0 Å². The predicted octanol–water partition coefficient (Wildman–Crippen LogP) is 2.41. The molecule has 1 aromatic carbocycles. The molecule has 1 aromatic rings. The fraction of sp³-hybridized carbons (Fsp3) is 0.467. The van der Waals surface area contributed by atoms with E-state index in [9.17, 15) is 4.79 Å². The molecule has 0 heterocycles. The lowest BCUT2D eigenvalue weighted by Crippen LogP contribution is -2.37. The van der Waals surface area contributed by atoms with E-state index < -0.39 is 0 Å². The van der Waals surface area contributed by atoms with Gasteiger partial charge in [-0.2, -0.15) is 0 Å². The normalized spacial score (nSPS) is 13.3. The van der Waals surface area contributed by atoms with Crippen molar-refractivity contribution in [1.29, 1.82) is 0 Å². The lowest BCUT2D eigenvalue weighted by molar-refractivity contribution is 0.0747. The van der Waals surface area contributed by atoms with E-state index >= 15 is 0 Å². The van der Waals surface area contributed by atoms with Crippen LogP contribution in [0.3, 0.4) is 0 Å². The summed E-state index contributed by atoms with van der Waals surface area (Å²) in [6, 6.07) is 7.48. The van der Waals surface area contributed by atoms with Gasteiger partial charge in [0, 0.05) is 25.1 Å². The van der Waals surface area contributed by atoms with Gasteiger partial charge in [-0.1, -0.05) is 31.1 Å². The molecule has 0 saturated carbocycles. The minimum absolute atomic E-state index is 0.0708. The van der Waals surface area contributed by atoms with Crippen LogP contribution < -0.4 is 5.73 Å². The molecule has 1 amide bonds. The van der Waals surface area contributed by atoms with E-state index in [0.717, 1.165) is 0 Å². The highest BCUT2D eigenvalue weighted by Gasteiger charge is 2.18. The molecular formula is C15H23N3O2. The van der Waals surface area contributed by atoms with Crippen molar-refractivity contribution in [2.24, 2.45) is 10.9 Å². The molecule has 0 bridgehead atoms. The zero-order chi connectivity index (χ0) is 15.3. The zero-order valence-corrected chi connectivity index (χ0v) is 12.5. The number of nitrogens with zero attached hydrogens (tertiary/aromatic N) is 2. The monoisotopic (exact) mass is 277 g/mol. The van der Waals surface area contributed by atoms with Crippen molar-refractivity contribution >= 4 is 11.7 Å². The van der Waals surface area contributed by atoms with Gasteiger partial charge >= 0.3 is 0 Å². The van der Waals surface area contributed by atoms with Crippen molar-refractivity contribution in [3.8, 4) is 0 Å². The van der Waals surface area contributed by atoms with Gasteiger partial charge in [0.2, 0.25) is 0 Å². The SMILES string of the molecule is CC(C)c1ccc(C(=O)N(C)C(C)CC(N)=NO)cc1. The van der Waals surface area contributed by atoms with Crippen LogP contribution in [-0.4, -0.2) is 34.9 Å². The van der Waals surface area contributed by atoms with Crippen molar-refractivity contribution < 1.29 is 10.0 Å². The Morgan fingerprint density at radius 3 is 2.30 bits per heavy atom. The van der Waals surface area contributed by atoms with Crippen molar-refractivity contribution in [3.63, 3.8) is 0 Å². The van der Waals surface area contributed by atoms with E-state index in [4.69, 9.17) is 10.9 Å². The second kappa shape index (κ2) is 6.93. The lowest BCUT2D eigenvalue weighted by Gasteiger charge is -2.24. The number of amidine groups is 1. The summed E-state index contributed by atoms with van der Waals surface area (Å²) in [4.78, 5) is 13.9. The fourth-order valence-electron chi connectivity index (χ4n) is 1.89. The van der Waals surface area contributed by atoms with E-state index in [-0.39, 0.29) is 17.8 Å². The number of carbonyl (C=O) groups is 1. The van der Waals surface area contributed by atoms with E-state index in [1.165, 1.54) is 5.56 Å². The number of nitrogens with two attached hydrogens (primary N) is 1. The van der Waals surface area contributed by atoms with Crippen LogP contribution in [0.4, 0.5) is 0 Å². The minimum Gasteiger partial charge on any atom is -0.409 e. The molecule has 0 spiro atoms. The molecule has 0 radical (unpaired) electrons. The Morgan fingerprint density at radius 1 is 1.30 bits per heavy atom. The number of hydrogen-bond donors (Lipinski definition) is 2. The van der Waals surface area contributed by atoms with Crippen molar-refractivity contribution in [3.05, 3.63) is 35.4 Å². The van der Waals surface area contributed by atoms with Crippen LogP contribution in [0.2, 0.25) is 0 Å². The first-order chi connectivity index (χ1) is 9.36. The Morgan fingerprint density at radius 2 is 1.85 bits per heavy atom. The molecule has 0 fully saturated rings. The second-order valence-electron chi connectivity index (χ2n) is 5.34. The van der Waals surface area contributed by atoms with E-state index in [0.29, 0.717) is 17.9 Å². The molecule has 5 heteroatoms. The van der Waals surface area contributed by atoms with Gasteiger partial charge in [0.05, 0.1) is 0 Å². The quantitative estimate of drug-likeness (QED) is 0.375. The van der Waals surface area contributed by atoms with Crippen LogP contribution in [0.5, 0.6) is 0 Å². The summed E-state index contributed by atoms with van der Waals surface area (Å²) < 4.78 is 0. The largest absolute Gasteiger partial charge is 0.409 e. The van der Waals surface area contributed by atoms with Gasteiger partial charge < -0.3 is 15.8 Å². The number of benzene rings is 1. The second-order valence-corrected chi connectivity index (χ2v) is 5.34. The molecule has 1 rings (SSSR count). The Bertz CT molecular complexity index is 480. The lowest BCUT2D eigenvalue weighted by atomic mass is 10.0. The molecule has 0 saturated heterocycles. The first-order valence-corrected chi connectivity index (χ1v) is 6.70. The summed E-state index contributed by atoms with van der Waals surface area (Å²) in [5.41, 5.74) is 7.31. The number of carbonyl (C=O) groups excluding carboxylic acids is 1. The van der Waals surface area contributed by atoms with Gasteiger partial charge in [0.1, 0.15) is 5.84 Å². The third-order valence-electron chi connectivity index (χ3n) is 3.44. The van der Waals surface area contributed by atoms with Gasteiger partial charge in [-0.25, -0.2) is 0 Å². The summed E-state index contributed by atoms with van der Waals surface area (Å²) in [5, 5.41) is 11.5. The number of amides is 1. The Labute approximate surface area is 120 Å². The van der Waals surface area contributed by atoms with Crippen LogP contribution in [-0.2, 0) is 0 Å². The van der Waals surface area contributed by atoms with E-state index in [1.807, 2.05) is 31.2 Å². The average molecular weight is 277 g/mol. The van der Waals surface area contributed by atoms with Crippen LogP contribution in [0, 0.1) is 0 Å². The smallest absolute Gasteiger partial charge is 0.253 e. The molecule has 0 aliphatic rings. The molecule has 110 valence electrons. The topological polar surface area (TPSA) is 78.9 Å². The summed E-state index contributed by atoms with van der Waals surface area (Å²) in [6.07, 6.45) is 0.336. The van der Waals surface area contributed by atoms with Crippen LogP contribution >= 0.6 is 0 Å². The first-order valence-electron chi connectivity index (χ1n) is 6.70. The summed E-state index contributed by atoms with van der Waals surface area (Å²) in [5.74, 6) is 0.488. The third-order valence-corrected chi connectivity index (χ3v) is 3.44. The minimum atomic E-state index is -0.136. The molecule has 0 aliphatic carbocycles. The maximum atomic E-state index is 12.3. The first kappa shape index (κ1) is 16.0. The van der Waals surface area contributed by atoms with Gasteiger partial charge in [0.15, 0.2) is 0 Å². The third kappa shape index (κ3) is 3.98. The van der Waals surface area contributed by atoms with Crippen molar-refractivity contribution in [2.45, 2.75) is 39.2 Å². The highest BCUT2D eigenvalue weighted by atomic mass is 16.4. The van der Waals surface area contributed by atoms with Crippen LogP contribution in [0.15, 0.2) is 29.4 Å². The summed E-state index contributed by atoms with van der Waals surface area (Å²) >= 11 is 0. The molecule has 3 N–H and O–H groups in total. The van der Waals surface area contributed by atoms with E-state index in [1.54, 1.807) is 11.9 Å². The van der Waals surface area contributed by atoms with Crippen molar-refractivity contribution in [2.75, 3.05) is 7.05 Å². The predicted molar refractivity (Wildman–Crippen MR) is 80.1 cm³/mol. The molecule has 20 heavy (non-hydrogen) atoms. The number of oxime groups is 1. The van der Waals surface area contributed by atoms with Crippen molar-refractivity contribution in [1.82, 2.24) is 4.90 Å².